The van der Waals surface area contributed by atoms with Crippen LogP contribution in [0.5, 0.6) is 0 Å². The Bertz CT molecular complexity index is 458. The van der Waals surface area contributed by atoms with Crippen LogP contribution in [0.15, 0.2) is 11.0 Å². The molecule has 2 rings (SSSR count). The van der Waals surface area contributed by atoms with E-state index in [4.69, 9.17) is 11.6 Å². The number of aryl methyl sites for hydroxylation is 1. The van der Waals surface area contributed by atoms with Crippen LogP contribution in [0.25, 0.3) is 0 Å². The van der Waals surface area contributed by atoms with Gasteiger partial charge < -0.3 is 5.32 Å². The normalized spacial score (nSPS) is 22.5. The third-order valence-electron chi connectivity index (χ3n) is 3.21. The molecule has 0 aromatic carbocycles. The quantitative estimate of drug-likeness (QED) is 0.880. The highest BCUT2D eigenvalue weighted by Crippen LogP contribution is 2.36. The lowest BCUT2D eigenvalue weighted by Gasteiger charge is -2.09. The van der Waals surface area contributed by atoms with Crippen LogP contribution in [0.3, 0.4) is 0 Å². The first-order valence-electron chi connectivity index (χ1n) is 6.19. The Kier molecular flexibility index (Phi) is 3.72. The lowest BCUT2D eigenvalue weighted by atomic mass is 10.3. The van der Waals surface area contributed by atoms with Crippen molar-refractivity contribution in [2.24, 2.45) is 5.92 Å². The molecule has 0 radical (unpaired) electrons. The smallest absolute Gasteiger partial charge is 0.287 e. The Balaban J connectivity index is 2.14. The van der Waals surface area contributed by atoms with Crippen molar-refractivity contribution < 1.29 is 0 Å². The molecule has 0 spiro atoms. The molecule has 1 saturated carbocycles. The van der Waals surface area contributed by atoms with E-state index in [1.807, 2.05) is 6.92 Å². The van der Waals surface area contributed by atoms with Crippen molar-refractivity contribution in [3.8, 4) is 0 Å². The van der Waals surface area contributed by atoms with E-state index in [-0.39, 0.29) is 10.6 Å². The summed E-state index contributed by atoms with van der Waals surface area (Å²) >= 11 is 6.06. The Morgan fingerprint density at radius 2 is 2.35 bits per heavy atom. The summed E-state index contributed by atoms with van der Waals surface area (Å²) in [7, 11) is 0. The molecular weight excluding hydrogens is 238 g/mol. The average molecular weight is 256 g/mol. The van der Waals surface area contributed by atoms with Crippen molar-refractivity contribution in [2.75, 3.05) is 5.32 Å². The molecule has 0 amide bonds. The van der Waals surface area contributed by atoms with Crippen molar-refractivity contribution >= 4 is 17.3 Å². The summed E-state index contributed by atoms with van der Waals surface area (Å²) in [6.07, 6.45) is 4.85. The van der Waals surface area contributed by atoms with Crippen molar-refractivity contribution in [2.45, 2.75) is 45.7 Å². The summed E-state index contributed by atoms with van der Waals surface area (Å²) in [5.74, 6) is 0.712. The van der Waals surface area contributed by atoms with Gasteiger partial charge in [-0.25, -0.2) is 4.68 Å². The lowest BCUT2D eigenvalue weighted by Crippen LogP contribution is -2.24. The van der Waals surface area contributed by atoms with Crippen molar-refractivity contribution in [1.82, 2.24) is 9.78 Å². The molecule has 1 heterocycles. The molecule has 1 aromatic heterocycles. The zero-order chi connectivity index (χ0) is 12.4. The zero-order valence-electron chi connectivity index (χ0n) is 10.2. The highest BCUT2D eigenvalue weighted by atomic mass is 35.5. The van der Waals surface area contributed by atoms with Crippen molar-refractivity contribution in [1.29, 1.82) is 0 Å². The van der Waals surface area contributed by atoms with Crippen LogP contribution < -0.4 is 10.9 Å². The first kappa shape index (κ1) is 12.4. The Hall–Kier alpha value is -1.03. The zero-order valence-corrected chi connectivity index (χ0v) is 11.0. The fourth-order valence-electron chi connectivity index (χ4n) is 2.01. The molecule has 5 heteroatoms. The third kappa shape index (κ3) is 2.63. The van der Waals surface area contributed by atoms with Gasteiger partial charge in [-0.3, -0.25) is 4.79 Å². The van der Waals surface area contributed by atoms with E-state index in [1.54, 1.807) is 6.20 Å². The molecule has 1 aliphatic carbocycles. The highest BCUT2D eigenvalue weighted by molar-refractivity contribution is 6.32. The third-order valence-corrected chi connectivity index (χ3v) is 3.57. The van der Waals surface area contributed by atoms with E-state index in [0.29, 0.717) is 24.2 Å². The van der Waals surface area contributed by atoms with Crippen molar-refractivity contribution in [3.63, 3.8) is 0 Å². The molecule has 1 aliphatic rings. The van der Waals surface area contributed by atoms with E-state index < -0.39 is 0 Å². The minimum Gasteiger partial charge on any atom is -0.379 e. The second-order valence-electron chi connectivity index (χ2n) is 4.56. The monoisotopic (exact) mass is 255 g/mol. The second kappa shape index (κ2) is 5.08. The van der Waals surface area contributed by atoms with Gasteiger partial charge in [0, 0.05) is 12.6 Å². The SMILES string of the molecule is CCCn1ncc(NC2CC2CC)c(Cl)c1=O. The number of rotatable bonds is 5. The first-order chi connectivity index (χ1) is 8.17. The topological polar surface area (TPSA) is 46.9 Å². The fourth-order valence-corrected chi connectivity index (χ4v) is 2.21. The molecule has 2 atom stereocenters. The van der Waals surface area contributed by atoms with Gasteiger partial charge in [-0.2, -0.15) is 5.10 Å². The van der Waals surface area contributed by atoms with E-state index >= 15 is 0 Å². The number of hydrogen-bond acceptors (Lipinski definition) is 3. The molecule has 1 fully saturated rings. The summed E-state index contributed by atoms with van der Waals surface area (Å²) in [4.78, 5) is 11.9. The number of aromatic nitrogens is 2. The maximum absolute atomic E-state index is 11.9. The van der Waals surface area contributed by atoms with Crippen LogP contribution in [-0.2, 0) is 6.54 Å². The maximum atomic E-state index is 11.9. The van der Waals surface area contributed by atoms with Gasteiger partial charge in [-0.15, -0.1) is 0 Å². The first-order valence-corrected chi connectivity index (χ1v) is 6.57. The highest BCUT2D eigenvalue weighted by Gasteiger charge is 2.35. The van der Waals surface area contributed by atoms with E-state index in [0.717, 1.165) is 19.3 Å². The Labute approximate surface area is 106 Å². The molecule has 4 nitrogen and oxygen atoms in total. The fraction of sp³-hybridized carbons (Fsp3) is 0.667. The van der Waals surface area contributed by atoms with Gasteiger partial charge in [0.15, 0.2) is 0 Å². The summed E-state index contributed by atoms with van der Waals surface area (Å²) in [5.41, 5.74) is 0.470. The van der Waals surface area contributed by atoms with Gasteiger partial charge in [0.1, 0.15) is 5.02 Å². The lowest BCUT2D eigenvalue weighted by molar-refractivity contribution is 0.568. The molecule has 1 N–H and O–H groups in total. The van der Waals surface area contributed by atoms with Gasteiger partial charge in [0.25, 0.3) is 5.56 Å². The Morgan fingerprint density at radius 3 is 2.94 bits per heavy atom. The largest absolute Gasteiger partial charge is 0.379 e. The van der Waals surface area contributed by atoms with Crippen LogP contribution in [0.2, 0.25) is 5.02 Å². The summed E-state index contributed by atoms with van der Waals surface area (Å²) < 4.78 is 1.41. The van der Waals surface area contributed by atoms with Gasteiger partial charge in [-0.1, -0.05) is 31.9 Å². The van der Waals surface area contributed by atoms with Crippen LogP contribution in [0.4, 0.5) is 5.69 Å². The summed E-state index contributed by atoms with van der Waals surface area (Å²) in [6.45, 7) is 4.79. The van der Waals surface area contributed by atoms with E-state index in [9.17, 15) is 4.79 Å². The van der Waals surface area contributed by atoms with E-state index in [2.05, 4.69) is 17.3 Å². The van der Waals surface area contributed by atoms with Gasteiger partial charge in [-0.05, 0) is 18.8 Å². The molecular formula is C12H18ClN3O. The number of halogens is 1. The predicted molar refractivity (Wildman–Crippen MR) is 69.6 cm³/mol. The number of hydrogen-bond donors (Lipinski definition) is 1. The second-order valence-corrected chi connectivity index (χ2v) is 4.93. The van der Waals surface area contributed by atoms with E-state index in [1.165, 1.54) is 4.68 Å². The molecule has 0 aliphatic heterocycles. The molecule has 2 unspecified atom stereocenters. The minimum atomic E-state index is -0.202. The van der Waals surface area contributed by atoms with Crippen LogP contribution >= 0.6 is 11.6 Å². The number of nitrogens with one attached hydrogen (secondary N) is 1. The molecule has 1 aromatic rings. The van der Waals surface area contributed by atoms with Gasteiger partial charge in [0.2, 0.25) is 0 Å². The van der Waals surface area contributed by atoms with Gasteiger partial charge in [0.05, 0.1) is 11.9 Å². The maximum Gasteiger partial charge on any atom is 0.287 e. The van der Waals surface area contributed by atoms with Gasteiger partial charge >= 0.3 is 0 Å². The van der Waals surface area contributed by atoms with Crippen LogP contribution in [0.1, 0.15) is 33.1 Å². The molecule has 0 bridgehead atoms. The average Bonchev–Trinajstić information content (AvgIpc) is 3.07. The molecule has 94 valence electrons. The molecule has 0 saturated heterocycles. The molecule has 17 heavy (non-hydrogen) atoms. The summed E-state index contributed by atoms with van der Waals surface area (Å²) in [6, 6.07) is 0.459. The predicted octanol–water partition coefficient (Wildman–Crippen LogP) is 2.52. The minimum absolute atomic E-state index is 0.202. The number of anilines is 1. The Morgan fingerprint density at radius 1 is 1.59 bits per heavy atom. The standard InChI is InChI=1S/C12H18ClN3O/c1-3-5-16-12(17)11(13)10(7-14-16)15-9-6-8(9)4-2/h7-9,15H,3-6H2,1-2H3. The number of nitrogens with zero attached hydrogens (tertiary/aromatic N) is 2. The van der Waals surface area contributed by atoms with Crippen LogP contribution in [0, 0.1) is 5.92 Å². The van der Waals surface area contributed by atoms with Crippen molar-refractivity contribution in [3.05, 3.63) is 21.6 Å². The van der Waals surface area contributed by atoms with Crippen LogP contribution in [-0.4, -0.2) is 15.8 Å². The summed E-state index contributed by atoms with van der Waals surface area (Å²) in [5, 5.41) is 7.66.